The number of likely N-dealkylation sites (tertiary alicyclic amines) is 1. The fourth-order valence-electron chi connectivity index (χ4n) is 5.00. The van der Waals surface area contributed by atoms with Crippen molar-refractivity contribution in [3.05, 3.63) is 16.1 Å². The van der Waals surface area contributed by atoms with Crippen LogP contribution >= 0.6 is 11.3 Å². The Morgan fingerprint density at radius 1 is 1.16 bits per heavy atom. The quantitative estimate of drug-likeness (QED) is 0.367. The van der Waals surface area contributed by atoms with Gasteiger partial charge in [0, 0.05) is 44.2 Å². The third kappa shape index (κ3) is 8.33. The van der Waals surface area contributed by atoms with Crippen LogP contribution in [0.15, 0.2) is 5.38 Å². The molecule has 4 atom stereocenters. The zero-order valence-electron chi connectivity index (χ0n) is 23.5. The Labute approximate surface area is 224 Å². The number of ketones is 1. The Morgan fingerprint density at radius 3 is 2.38 bits per heavy atom. The summed E-state index contributed by atoms with van der Waals surface area (Å²) >= 11 is 1.21. The first-order chi connectivity index (χ1) is 17.4. The molecule has 0 unspecified atom stereocenters. The van der Waals surface area contributed by atoms with Crippen molar-refractivity contribution in [2.75, 3.05) is 27.7 Å². The smallest absolute Gasteiger partial charge is 0.357 e. The van der Waals surface area contributed by atoms with Gasteiger partial charge in [-0.25, -0.2) is 9.78 Å². The molecule has 1 saturated heterocycles. The maximum atomic E-state index is 13.8. The largest absolute Gasteiger partial charge is 0.464 e. The number of thiazole rings is 1. The second-order valence-corrected chi connectivity index (χ2v) is 11.6. The lowest BCUT2D eigenvalue weighted by Gasteiger charge is -2.37. The summed E-state index contributed by atoms with van der Waals surface area (Å²) < 4.78 is 10.3. The fraction of sp³-hybridized carbons (Fsp3) is 0.741. The van der Waals surface area contributed by atoms with Crippen molar-refractivity contribution in [2.45, 2.75) is 84.9 Å². The van der Waals surface area contributed by atoms with Gasteiger partial charge < -0.3 is 14.4 Å². The van der Waals surface area contributed by atoms with Gasteiger partial charge in [-0.05, 0) is 38.3 Å². The monoisotopic (exact) mass is 537 g/mol. The number of nitrogens with zero attached hydrogens (tertiary/aromatic N) is 3. The number of carbonyl (C=O) groups excluding carboxylic acids is 4. The van der Waals surface area contributed by atoms with Crippen molar-refractivity contribution >= 4 is 35.0 Å². The van der Waals surface area contributed by atoms with Crippen LogP contribution < -0.4 is 0 Å². The number of carbonyl (C=O) groups is 4. The van der Waals surface area contributed by atoms with E-state index < -0.39 is 24.0 Å². The second kappa shape index (κ2) is 14.0. The van der Waals surface area contributed by atoms with Crippen LogP contribution in [-0.4, -0.2) is 78.2 Å². The maximum Gasteiger partial charge on any atom is 0.357 e. The van der Waals surface area contributed by atoms with Gasteiger partial charge in [-0.1, -0.05) is 34.1 Å². The van der Waals surface area contributed by atoms with Crippen LogP contribution in [-0.2, 0) is 23.9 Å². The summed E-state index contributed by atoms with van der Waals surface area (Å²) in [5.74, 6) is -1.40. The number of esters is 2. The van der Waals surface area contributed by atoms with Gasteiger partial charge in [0.25, 0.3) is 0 Å². The third-order valence-electron chi connectivity index (χ3n) is 7.26. The highest BCUT2D eigenvalue weighted by atomic mass is 32.1. The van der Waals surface area contributed by atoms with Gasteiger partial charge in [-0.2, -0.15) is 0 Å². The average molecular weight is 538 g/mol. The minimum absolute atomic E-state index is 0.00791. The molecule has 0 N–H and O–H groups in total. The topological polar surface area (TPSA) is 106 Å². The molecule has 208 valence electrons. The van der Waals surface area contributed by atoms with Crippen LogP contribution in [0.2, 0.25) is 0 Å². The van der Waals surface area contributed by atoms with Crippen molar-refractivity contribution < 1.29 is 28.7 Å². The molecule has 37 heavy (non-hydrogen) atoms. The number of ether oxygens (including phenoxy) is 2. The van der Waals surface area contributed by atoms with Crippen LogP contribution in [0.4, 0.5) is 0 Å². The first kappa shape index (κ1) is 30.9. The number of likely N-dealkylation sites (N-methyl/N-ethyl adjacent to an activating group) is 1. The van der Waals surface area contributed by atoms with Crippen molar-refractivity contribution in [1.82, 2.24) is 14.8 Å². The summed E-state index contributed by atoms with van der Waals surface area (Å²) in [5.41, 5.74) is 0.149. The maximum absolute atomic E-state index is 13.8. The van der Waals surface area contributed by atoms with Gasteiger partial charge in [0.15, 0.2) is 17.6 Å². The lowest BCUT2D eigenvalue weighted by molar-refractivity contribution is -0.149. The lowest BCUT2D eigenvalue weighted by Crippen LogP contribution is -2.48. The molecule has 10 heteroatoms. The SMILES string of the molecule is COC(=O)c1csc([C@@H](C[C@H](C(C)C)N(C)C(=O)[C@@H](CC(=O)[C@H]2CCCCN2C)C(C)C)OC(C)=O)n1. The normalized spacial score (nSPS) is 18.8. The van der Waals surface area contributed by atoms with Gasteiger partial charge in [-0.15, -0.1) is 11.3 Å². The van der Waals surface area contributed by atoms with Gasteiger partial charge >= 0.3 is 11.9 Å². The Kier molecular flexibility index (Phi) is 11.7. The molecule has 0 bridgehead atoms. The van der Waals surface area contributed by atoms with Crippen molar-refractivity contribution in [3.8, 4) is 0 Å². The molecule has 1 aliphatic rings. The minimum atomic E-state index is -0.724. The Bertz CT molecular complexity index is 946. The molecule has 0 aliphatic carbocycles. The number of hydrogen-bond acceptors (Lipinski definition) is 9. The fourth-order valence-corrected chi connectivity index (χ4v) is 5.83. The zero-order valence-corrected chi connectivity index (χ0v) is 24.3. The van der Waals surface area contributed by atoms with E-state index in [4.69, 9.17) is 9.47 Å². The van der Waals surface area contributed by atoms with Gasteiger partial charge in [0.05, 0.1) is 13.2 Å². The molecule has 0 saturated carbocycles. The third-order valence-corrected chi connectivity index (χ3v) is 8.19. The number of aromatic nitrogens is 1. The van der Waals surface area contributed by atoms with Crippen LogP contribution in [0, 0.1) is 17.8 Å². The van der Waals surface area contributed by atoms with E-state index in [-0.39, 0.29) is 47.7 Å². The summed E-state index contributed by atoms with van der Waals surface area (Å²) in [7, 11) is 5.02. The summed E-state index contributed by atoms with van der Waals surface area (Å²) in [4.78, 5) is 58.9. The molecule has 1 amide bonds. The lowest BCUT2D eigenvalue weighted by atomic mass is 9.84. The molecule has 1 aromatic rings. The summed E-state index contributed by atoms with van der Waals surface area (Å²) in [5, 5.41) is 2.04. The van der Waals surface area contributed by atoms with Crippen LogP contribution in [0.25, 0.3) is 0 Å². The number of Topliss-reactive ketones (excluding diaryl/α,β-unsaturated/α-hetero) is 1. The van der Waals surface area contributed by atoms with E-state index in [9.17, 15) is 19.2 Å². The van der Waals surface area contributed by atoms with E-state index in [2.05, 4.69) is 9.88 Å². The molecule has 2 rings (SSSR count). The van der Waals surface area contributed by atoms with Crippen molar-refractivity contribution in [2.24, 2.45) is 17.8 Å². The highest BCUT2D eigenvalue weighted by Gasteiger charge is 2.37. The molecule has 1 aromatic heterocycles. The van der Waals surface area contributed by atoms with Crippen molar-refractivity contribution in [1.29, 1.82) is 0 Å². The predicted molar refractivity (Wildman–Crippen MR) is 142 cm³/mol. The van der Waals surface area contributed by atoms with E-state index in [1.54, 1.807) is 17.3 Å². The predicted octanol–water partition coefficient (Wildman–Crippen LogP) is 4.12. The first-order valence-corrected chi connectivity index (χ1v) is 14.0. The number of amides is 1. The highest BCUT2D eigenvalue weighted by Crippen LogP contribution is 2.32. The van der Waals surface area contributed by atoms with E-state index >= 15 is 0 Å². The first-order valence-electron chi connectivity index (χ1n) is 13.1. The standard InChI is InChI=1S/C27H43N3O6S/c1-16(2)19(13-23(32)21-11-9-10-12-29(21)6)26(33)30(7)22(17(3)4)14-24(36-18(5)31)25-28-20(15-37-25)27(34)35-8/h15-17,19,21-22,24H,9-14H2,1-8H3/t19-,21+,22+,24+/m0/s1. The summed E-state index contributed by atoms with van der Waals surface area (Å²) in [6.07, 6.45) is 2.77. The number of methoxy groups -OCH3 is 1. The molecule has 0 aromatic carbocycles. The molecule has 0 spiro atoms. The second-order valence-electron chi connectivity index (χ2n) is 10.7. The van der Waals surface area contributed by atoms with E-state index in [0.717, 1.165) is 25.8 Å². The van der Waals surface area contributed by atoms with E-state index in [1.807, 2.05) is 34.7 Å². The molecule has 1 aliphatic heterocycles. The summed E-state index contributed by atoms with van der Waals surface area (Å²) in [6.45, 7) is 10.2. The van der Waals surface area contributed by atoms with Gasteiger partial charge in [0.2, 0.25) is 5.91 Å². The summed E-state index contributed by atoms with van der Waals surface area (Å²) in [6, 6.07) is -0.410. The van der Waals surface area contributed by atoms with Gasteiger partial charge in [0.1, 0.15) is 5.01 Å². The number of hydrogen-bond donors (Lipinski definition) is 0. The minimum Gasteiger partial charge on any atom is -0.464 e. The van der Waals surface area contributed by atoms with Gasteiger partial charge in [-0.3, -0.25) is 19.3 Å². The number of piperidine rings is 1. The Morgan fingerprint density at radius 2 is 1.84 bits per heavy atom. The van der Waals surface area contributed by atoms with E-state index in [0.29, 0.717) is 11.4 Å². The highest BCUT2D eigenvalue weighted by molar-refractivity contribution is 7.09. The molecular formula is C27H43N3O6S. The molecule has 9 nitrogen and oxygen atoms in total. The van der Waals surface area contributed by atoms with Crippen LogP contribution in [0.5, 0.6) is 0 Å². The van der Waals surface area contributed by atoms with E-state index in [1.165, 1.54) is 25.4 Å². The molecule has 2 heterocycles. The Balaban J connectivity index is 2.24. The Hall–Kier alpha value is -2.33. The van der Waals surface area contributed by atoms with Crippen LogP contribution in [0.3, 0.4) is 0 Å². The molecule has 0 radical (unpaired) electrons. The van der Waals surface area contributed by atoms with Crippen LogP contribution in [0.1, 0.15) is 88.3 Å². The van der Waals surface area contributed by atoms with Crippen molar-refractivity contribution in [3.63, 3.8) is 0 Å². The number of rotatable bonds is 12. The molecular weight excluding hydrogens is 494 g/mol. The molecule has 1 fully saturated rings. The average Bonchev–Trinajstić information content (AvgIpc) is 3.33. The zero-order chi connectivity index (χ0) is 27.9.